The van der Waals surface area contributed by atoms with Gasteiger partial charge in [0.05, 0.1) is 36.7 Å². The van der Waals surface area contributed by atoms with Crippen LogP contribution >= 0.6 is 0 Å². The number of nitrogens with zero attached hydrogens (tertiary/aromatic N) is 4. The number of aromatic nitrogens is 4. The van der Waals surface area contributed by atoms with E-state index in [-0.39, 0.29) is 24.2 Å². The summed E-state index contributed by atoms with van der Waals surface area (Å²) in [5.41, 5.74) is 2.77. The van der Waals surface area contributed by atoms with E-state index >= 15 is 0 Å². The number of halogens is 2. The summed E-state index contributed by atoms with van der Waals surface area (Å²) in [7, 11) is 1.61. The average Bonchev–Trinajstić information content (AvgIpc) is 3.56. The number of hydrogen-bond acceptors (Lipinski definition) is 7. The lowest BCUT2D eigenvalue weighted by Gasteiger charge is -2.24. The van der Waals surface area contributed by atoms with Crippen LogP contribution in [0.3, 0.4) is 0 Å². The van der Waals surface area contributed by atoms with Crippen molar-refractivity contribution in [3.05, 3.63) is 54.5 Å². The van der Waals surface area contributed by atoms with Gasteiger partial charge in [0.2, 0.25) is 5.88 Å². The second kappa shape index (κ2) is 9.74. The first-order valence-corrected chi connectivity index (χ1v) is 12.9. The predicted molar refractivity (Wildman–Crippen MR) is 140 cm³/mol. The molecule has 6 rings (SSSR count). The Hall–Kier alpha value is -3.37. The molecule has 2 aliphatic rings. The molecule has 1 aliphatic carbocycles. The average molecular weight is 524 g/mol. The van der Waals surface area contributed by atoms with Crippen molar-refractivity contribution < 1.29 is 23.0 Å². The first-order chi connectivity index (χ1) is 18.3. The van der Waals surface area contributed by atoms with E-state index in [1.807, 2.05) is 44.3 Å². The Morgan fingerprint density at radius 1 is 1.13 bits per heavy atom. The van der Waals surface area contributed by atoms with Crippen molar-refractivity contribution >= 4 is 27.8 Å². The number of alkyl halides is 2. The van der Waals surface area contributed by atoms with Crippen LogP contribution in [0.4, 0.5) is 14.6 Å². The van der Waals surface area contributed by atoms with E-state index in [0.717, 1.165) is 46.8 Å². The lowest BCUT2D eigenvalue weighted by molar-refractivity contribution is -0.160. The van der Waals surface area contributed by atoms with Crippen LogP contribution in [0.2, 0.25) is 0 Å². The molecule has 0 bridgehead atoms. The minimum atomic E-state index is -2.43. The summed E-state index contributed by atoms with van der Waals surface area (Å²) in [4.78, 5) is 13.3. The highest BCUT2D eigenvalue weighted by Gasteiger charge is 2.54. The lowest BCUT2D eigenvalue weighted by Crippen LogP contribution is -2.27. The number of pyridine rings is 1. The van der Waals surface area contributed by atoms with Crippen molar-refractivity contribution in [1.29, 1.82) is 0 Å². The topological polar surface area (TPSA) is 83.3 Å². The Kier molecular flexibility index (Phi) is 6.39. The fraction of sp³-hybridized carbons (Fsp3) is 0.464. The van der Waals surface area contributed by atoms with Gasteiger partial charge in [-0.3, -0.25) is 0 Å². The maximum Gasteiger partial charge on any atom is 0.255 e. The summed E-state index contributed by atoms with van der Waals surface area (Å²) >= 11 is 0. The third kappa shape index (κ3) is 4.67. The van der Waals surface area contributed by atoms with Crippen molar-refractivity contribution in [3.8, 4) is 5.88 Å². The van der Waals surface area contributed by atoms with Crippen LogP contribution in [0.15, 0.2) is 48.9 Å². The van der Waals surface area contributed by atoms with Gasteiger partial charge in [0.15, 0.2) is 5.79 Å². The molecule has 4 heterocycles. The van der Waals surface area contributed by atoms with Crippen molar-refractivity contribution in [2.45, 2.75) is 63.6 Å². The number of benzene rings is 1. The van der Waals surface area contributed by atoms with E-state index < -0.39 is 18.8 Å². The summed E-state index contributed by atoms with van der Waals surface area (Å²) in [5.74, 6) is 0.641. The Morgan fingerprint density at radius 3 is 2.76 bits per heavy atom. The number of rotatable bonds is 8. The van der Waals surface area contributed by atoms with Gasteiger partial charge in [-0.15, -0.1) is 0 Å². The molecule has 2 fully saturated rings. The molecule has 1 aromatic carbocycles. The first-order valence-electron chi connectivity index (χ1n) is 12.9. The van der Waals surface area contributed by atoms with Gasteiger partial charge in [0.25, 0.3) is 6.43 Å². The van der Waals surface area contributed by atoms with Crippen molar-refractivity contribution in [2.24, 2.45) is 5.92 Å². The van der Waals surface area contributed by atoms with Crippen molar-refractivity contribution in [2.75, 3.05) is 19.0 Å². The molecule has 1 N–H and O–H groups in total. The normalized spacial score (nSPS) is 24.4. The second-order valence-electron chi connectivity index (χ2n) is 10.5. The number of aryl methyl sites for hydroxylation is 1. The van der Waals surface area contributed by atoms with Crippen molar-refractivity contribution in [1.82, 2.24) is 19.5 Å². The Bertz CT molecular complexity index is 1460. The molecule has 0 radical (unpaired) electrons. The molecule has 1 saturated heterocycles. The molecular formula is C28H31F2N5O3. The molecule has 8 nitrogen and oxygen atoms in total. The van der Waals surface area contributed by atoms with Gasteiger partial charge in [-0.05, 0) is 68.9 Å². The molecule has 4 atom stereocenters. The molecule has 200 valence electrons. The smallest absolute Gasteiger partial charge is 0.255 e. The van der Waals surface area contributed by atoms with Crippen LogP contribution in [0.5, 0.6) is 5.88 Å². The number of ether oxygens (including phenoxy) is 3. The highest BCUT2D eigenvalue weighted by atomic mass is 19.3. The molecule has 0 unspecified atom stereocenters. The standard InChI is InChI=1S/C28H31F2N5O3/c1-28(2)37-24-18(7-5-16-4-6-17-8-9-23(31-14-22(29)30)34-20(17)12-16)13-21(25(24)38-28)35-11-10-19-26(35)32-15-33-27(19)36-3/h4,6,8-12,15,18,21-22,24-25H,5,7,13-14H2,1-3H3,(H,31,34)/t18-,21+,24+,25-/m0/s1. The highest BCUT2D eigenvalue weighted by molar-refractivity contribution is 5.82. The molecule has 10 heteroatoms. The minimum Gasteiger partial charge on any atom is -0.480 e. The molecular weight excluding hydrogens is 492 g/mol. The molecule has 4 aromatic rings. The van der Waals surface area contributed by atoms with Gasteiger partial charge in [-0.1, -0.05) is 12.1 Å². The molecule has 0 amide bonds. The van der Waals surface area contributed by atoms with Gasteiger partial charge < -0.3 is 24.1 Å². The van der Waals surface area contributed by atoms with Gasteiger partial charge >= 0.3 is 0 Å². The van der Waals surface area contributed by atoms with E-state index in [1.165, 1.54) is 6.33 Å². The van der Waals surface area contributed by atoms with Crippen LogP contribution in [0.1, 0.15) is 38.3 Å². The predicted octanol–water partition coefficient (Wildman–Crippen LogP) is 5.38. The largest absolute Gasteiger partial charge is 0.480 e. The summed E-state index contributed by atoms with van der Waals surface area (Å²) in [5, 5.41) is 4.54. The third-order valence-electron chi connectivity index (χ3n) is 7.57. The summed E-state index contributed by atoms with van der Waals surface area (Å²) in [6, 6.07) is 11.9. The maximum atomic E-state index is 12.6. The number of methoxy groups -OCH3 is 1. The number of hydrogen-bond donors (Lipinski definition) is 1. The van der Waals surface area contributed by atoms with E-state index in [9.17, 15) is 8.78 Å². The maximum absolute atomic E-state index is 12.6. The number of nitrogens with one attached hydrogen (secondary N) is 1. The summed E-state index contributed by atoms with van der Waals surface area (Å²) < 4.78 is 45.6. The van der Waals surface area contributed by atoms with Crippen molar-refractivity contribution in [3.63, 3.8) is 0 Å². The number of anilines is 1. The molecule has 38 heavy (non-hydrogen) atoms. The number of fused-ring (bicyclic) bond motifs is 3. The van der Waals surface area contributed by atoms with E-state index in [2.05, 4.69) is 30.9 Å². The Labute approximate surface area is 219 Å². The zero-order valence-electron chi connectivity index (χ0n) is 21.6. The fourth-order valence-corrected chi connectivity index (χ4v) is 5.94. The van der Waals surface area contributed by atoms with Crippen LogP contribution in [0.25, 0.3) is 21.9 Å². The fourth-order valence-electron chi connectivity index (χ4n) is 5.94. The van der Waals surface area contributed by atoms with Crippen LogP contribution in [-0.2, 0) is 15.9 Å². The van der Waals surface area contributed by atoms with Crippen LogP contribution in [-0.4, -0.2) is 57.6 Å². The van der Waals surface area contributed by atoms with Gasteiger partial charge in [0.1, 0.15) is 23.9 Å². The zero-order chi connectivity index (χ0) is 26.4. The molecule has 0 spiro atoms. The second-order valence-corrected chi connectivity index (χ2v) is 10.5. The van der Waals surface area contributed by atoms with E-state index in [4.69, 9.17) is 14.2 Å². The highest BCUT2D eigenvalue weighted by Crippen LogP contribution is 2.49. The third-order valence-corrected chi connectivity index (χ3v) is 7.57. The van der Waals surface area contributed by atoms with Gasteiger partial charge in [0, 0.05) is 11.6 Å². The minimum absolute atomic E-state index is 0.0279. The SMILES string of the molecule is COc1ncnc2c1ccn2[C@@H]1C[C@H](CCc2ccc3ccc(NCC(F)F)nc3c2)[C@H]2OC(C)(C)O[C@H]21. The van der Waals surface area contributed by atoms with Gasteiger partial charge in [-0.2, -0.15) is 0 Å². The Morgan fingerprint density at radius 2 is 1.95 bits per heavy atom. The zero-order valence-corrected chi connectivity index (χ0v) is 21.6. The summed E-state index contributed by atoms with van der Waals surface area (Å²) in [6.07, 6.45) is 3.68. The van der Waals surface area contributed by atoms with E-state index in [1.54, 1.807) is 13.2 Å². The monoisotopic (exact) mass is 523 g/mol. The molecule has 1 aliphatic heterocycles. The van der Waals surface area contributed by atoms with Gasteiger partial charge in [-0.25, -0.2) is 23.7 Å². The Balaban J connectivity index is 1.22. The van der Waals surface area contributed by atoms with Crippen LogP contribution in [0, 0.1) is 5.92 Å². The van der Waals surface area contributed by atoms with Crippen LogP contribution < -0.4 is 10.1 Å². The molecule has 1 saturated carbocycles. The molecule has 3 aromatic heterocycles. The first kappa shape index (κ1) is 24.9. The van der Waals surface area contributed by atoms with E-state index in [0.29, 0.717) is 11.7 Å². The lowest BCUT2D eigenvalue weighted by atomic mass is 9.95. The quantitative estimate of drug-likeness (QED) is 0.332. The summed E-state index contributed by atoms with van der Waals surface area (Å²) in [6.45, 7) is 3.51.